The average molecular weight is 258 g/mol. The predicted molar refractivity (Wildman–Crippen MR) is 73.6 cm³/mol. The Balaban J connectivity index is 1.99. The number of pyridine rings is 1. The van der Waals surface area contributed by atoms with Crippen LogP contribution in [0.4, 0.5) is 0 Å². The van der Waals surface area contributed by atoms with Crippen LogP contribution in [-0.4, -0.2) is 16.6 Å². The molecule has 1 aromatic heterocycles. The molecule has 0 saturated carbocycles. The minimum atomic E-state index is -0.535. The molecule has 1 atom stereocenters. The van der Waals surface area contributed by atoms with Gasteiger partial charge in [-0.2, -0.15) is 0 Å². The molecule has 0 bridgehead atoms. The molecule has 0 aliphatic carbocycles. The van der Waals surface area contributed by atoms with E-state index < -0.39 is 6.10 Å². The van der Waals surface area contributed by atoms with E-state index in [4.69, 9.17) is 10.5 Å². The molecular formula is C15H18N2O2. The summed E-state index contributed by atoms with van der Waals surface area (Å²) in [4.78, 5) is 4.03. The molecule has 2 rings (SSSR count). The van der Waals surface area contributed by atoms with Gasteiger partial charge in [0.2, 0.25) is 0 Å². The van der Waals surface area contributed by atoms with Crippen molar-refractivity contribution in [1.82, 2.24) is 4.98 Å². The topological polar surface area (TPSA) is 68.4 Å². The number of hydrogen-bond donors (Lipinski definition) is 2. The lowest BCUT2D eigenvalue weighted by atomic mass is 10.1. The largest absolute Gasteiger partial charge is 0.489 e. The van der Waals surface area contributed by atoms with Crippen molar-refractivity contribution in [3.63, 3.8) is 0 Å². The fourth-order valence-electron chi connectivity index (χ4n) is 1.79. The quantitative estimate of drug-likeness (QED) is 0.832. The summed E-state index contributed by atoms with van der Waals surface area (Å²) in [6.07, 6.45) is 3.51. The van der Waals surface area contributed by atoms with Crippen LogP contribution in [-0.2, 0) is 6.61 Å². The Morgan fingerprint density at radius 2 is 2.16 bits per heavy atom. The molecule has 0 spiro atoms. The summed E-state index contributed by atoms with van der Waals surface area (Å²) < 4.78 is 5.68. The van der Waals surface area contributed by atoms with E-state index in [1.807, 2.05) is 36.4 Å². The fourth-order valence-corrected chi connectivity index (χ4v) is 1.79. The van der Waals surface area contributed by atoms with Crippen molar-refractivity contribution in [3.8, 4) is 5.75 Å². The summed E-state index contributed by atoms with van der Waals surface area (Å²) in [5, 5.41) is 9.88. The smallest absolute Gasteiger partial charge is 0.120 e. The number of nitrogens with two attached hydrogens (primary N) is 1. The highest BCUT2D eigenvalue weighted by molar-refractivity contribution is 5.30. The molecule has 1 heterocycles. The molecule has 4 heteroatoms. The molecule has 3 N–H and O–H groups in total. The zero-order chi connectivity index (χ0) is 13.5. The second kappa shape index (κ2) is 6.87. The van der Waals surface area contributed by atoms with E-state index in [0.29, 0.717) is 19.6 Å². The molecular weight excluding hydrogens is 240 g/mol. The second-order valence-corrected chi connectivity index (χ2v) is 4.32. The number of benzene rings is 1. The van der Waals surface area contributed by atoms with Gasteiger partial charge in [0.05, 0.1) is 6.10 Å². The summed E-state index contributed by atoms with van der Waals surface area (Å²) >= 11 is 0. The van der Waals surface area contributed by atoms with Crippen LogP contribution >= 0.6 is 0 Å². The second-order valence-electron chi connectivity index (χ2n) is 4.32. The van der Waals surface area contributed by atoms with Gasteiger partial charge in [0, 0.05) is 18.0 Å². The van der Waals surface area contributed by atoms with Crippen molar-refractivity contribution < 1.29 is 9.84 Å². The SMILES string of the molecule is NCC[C@@H](O)c1cccc(OCc2cccnc2)c1. The third kappa shape index (κ3) is 4.05. The number of ether oxygens (including phenoxy) is 1. The molecule has 0 unspecified atom stereocenters. The van der Waals surface area contributed by atoms with Crippen molar-refractivity contribution >= 4 is 0 Å². The third-order valence-electron chi connectivity index (χ3n) is 2.81. The Morgan fingerprint density at radius 3 is 2.89 bits per heavy atom. The molecule has 0 amide bonds. The van der Waals surface area contributed by atoms with Gasteiger partial charge >= 0.3 is 0 Å². The number of aliphatic hydroxyl groups is 1. The summed E-state index contributed by atoms with van der Waals surface area (Å²) in [6, 6.07) is 11.3. The number of hydrogen-bond acceptors (Lipinski definition) is 4. The van der Waals surface area contributed by atoms with Crippen LogP contribution in [0.2, 0.25) is 0 Å². The zero-order valence-corrected chi connectivity index (χ0v) is 10.7. The number of aromatic nitrogens is 1. The van der Waals surface area contributed by atoms with Gasteiger partial charge in [-0.25, -0.2) is 0 Å². The van der Waals surface area contributed by atoms with Gasteiger partial charge < -0.3 is 15.6 Å². The maximum atomic E-state index is 9.88. The Kier molecular flexibility index (Phi) is 4.89. The average Bonchev–Trinajstić information content (AvgIpc) is 2.47. The van der Waals surface area contributed by atoms with Gasteiger partial charge in [-0.3, -0.25) is 4.98 Å². The molecule has 0 fully saturated rings. The van der Waals surface area contributed by atoms with Gasteiger partial charge in [-0.1, -0.05) is 18.2 Å². The van der Waals surface area contributed by atoms with Crippen molar-refractivity contribution in [1.29, 1.82) is 0 Å². The first-order chi connectivity index (χ1) is 9.29. The van der Waals surface area contributed by atoms with Gasteiger partial charge in [0.25, 0.3) is 0 Å². The van der Waals surface area contributed by atoms with Gasteiger partial charge in [0.1, 0.15) is 12.4 Å². The van der Waals surface area contributed by atoms with Crippen LogP contribution in [0, 0.1) is 0 Å². The Labute approximate surface area is 112 Å². The standard InChI is InChI=1S/C15H18N2O2/c16-7-6-15(18)13-4-1-5-14(9-13)19-11-12-3-2-8-17-10-12/h1-5,8-10,15,18H,6-7,11,16H2/t15-/m1/s1. The minimum absolute atomic E-state index is 0.460. The lowest BCUT2D eigenvalue weighted by Crippen LogP contribution is -2.06. The summed E-state index contributed by atoms with van der Waals surface area (Å²) in [6.45, 7) is 0.923. The van der Waals surface area contributed by atoms with E-state index >= 15 is 0 Å². The molecule has 0 saturated heterocycles. The third-order valence-corrected chi connectivity index (χ3v) is 2.81. The normalized spacial score (nSPS) is 12.1. The highest BCUT2D eigenvalue weighted by Crippen LogP contribution is 2.21. The van der Waals surface area contributed by atoms with Crippen LogP contribution in [0.25, 0.3) is 0 Å². The van der Waals surface area contributed by atoms with Crippen LogP contribution in [0.5, 0.6) is 5.75 Å². The van der Waals surface area contributed by atoms with E-state index in [2.05, 4.69) is 4.98 Å². The molecule has 4 nitrogen and oxygen atoms in total. The van der Waals surface area contributed by atoms with Crippen molar-refractivity contribution in [3.05, 3.63) is 59.9 Å². The molecule has 100 valence electrons. The van der Waals surface area contributed by atoms with Gasteiger partial charge in [0.15, 0.2) is 0 Å². The predicted octanol–water partition coefficient (Wildman–Crippen LogP) is 2.04. The van der Waals surface area contributed by atoms with Crippen molar-refractivity contribution in [2.45, 2.75) is 19.1 Å². The fraction of sp³-hybridized carbons (Fsp3) is 0.267. The first-order valence-electron chi connectivity index (χ1n) is 6.29. The van der Waals surface area contributed by atoms with Gasteiger partial charge in [-0.15, -0.1) is 0 Å². The molecule has 2 aromatic rings. The maximum absolute atomic E-state index is 9.88. The molecule has 1 aromatic carbocycles. The highest BCUT2D eigenvalue weighted by atomic mass is 16.5. The van der Waals surface area contributed by atoms with E-state index in [0.717, 1.165) is 16.9 Å². The lowest BCUT2D eigenvalue weighted by molar-refractivity contribution is 0.169. The Bertz CT molecular complexity index is 503. The van der Waals surface area contributed by atoms with Crippen LogP contribution in [0.1, 0.15) is 23.7 Å². The number of nitrogens with zero attached hydrogens (tertiary/aromatic N) is 1. The first-order valence-corrected chi connectivity index (χ1v) is 6.29. The van der Waals surface area contributed by atoms with E-state index in [1.54, 1.807) is 12.4 Å². The number of rotatable bonds is 6. The highest BCUT2D eigenvalue weighted by Gasteiger charge is 2.07. The Morgan fingerprint density at radius 1 is 1.26 bits per heavy atom. The minimum Gasteiger partial charge on any atom is -0.489 e. The van der Waals surface area contributed by atoms with E-state index in [9.17, 15) is 5.11 Å². The summed E-state index contributed by atoms with van der Waals surface area (Å²) in [5.41, 5.74) is 7.28. The molecule has 0 aliphatic rings. The Hall–Kier alpha value is -1.91. The summed E-state index contributed by atoms with van der Waals surface area (Å²) in [5.74, 6) is 0.734. The van der Waals surface area contributed by atoms with Crippen LogP contribution in [0.15, 0.2) is 48.8 Å². The monoisotopic (exact) mass is 258 g/mol. The van der Waals surface area contributed by atoms with Crippen molar-refractivity contribution in [2.75, 3.05) is 6.54 Å². The first kappa shape index (κ1) is 13.5. The van der Waals surface area contributed by atoms with Crippen LogP contribution < -0.4 is 10.5 Å². The maximum Gasteiger partial charge on any atom is 0.120 e. The van der Waals surface area contributed by atoms with E-state index in [1.165, 1.54) is 0 Å². The summed E-state index contributed by atoms with van der Waals surface area (Å²) in [7, 11) is 0. The van der Waals surface area contributed by atoms with Crippen molar-refractivity contribution in [2.24, 2.45) is 5.73 Å². The van der Waals surface area contributed by atoms with Gasteiger partial charge in [-0.05, 0) is 36.7 Å². The number of aliphatic hydroxyl groups excluding tert-OH is 1. The lowest BCUT2D eigenvalue weighted by Gasteiger charge is -2.12. The zero-order valence-electron chi connectivity index (χ0n) is 10.7. The van der Waals surface area contributed by atoms with E-state index in [-0.39, 0.29) is 0 Å². The molecule has 0 radical (unpaired) electrons. The van der Waals surface area contributed by atoms with Crippen LogP contribution in [0.3, 0.4) is 0 Å². The molecule has 19 heavy (non-hydrogen) atoms. The molecule has 0 aliphatic heterocycles.